The summed E-state index contributed by atoms with van der Waals surface area (Å²) in [4.78, 5) is 0. The summed E-state index contributed by atoms with van der Waals surface area (Å²) in [5.74, 6) is 0.807. The fourth-order valence-electron chi connectivity index (χ4n) is 2.39. The lowest BCUT2D eigenvalue weighted by Gasteiger charge is -2.29. The lowest BCUT2D eigenvalue weighted by molar-refractivity contribution is 0.0739. The Labute approximate surface area is 98.6 Å². The molecule has 0 aromatic carbocycles. The molecule has 2 N–H and O–H groups in total. The molecular formula is C13H25NO2. The first-order valence-corrected chi connectivity index (χ1v) is 6.64. The molecule has 1 heterocycles. The minimum Gasteiger partial charge on any atom is -0.396 e. The van der Waals surface area contributed by atoms with Gasteiger partial charge in [0.05, 0.1) is 6.10 Å². The molecule has 3 nitrogen and oxygen atoms in total. The van der Waals surface area contributed by atoms with Crippen molar-refractivity contribution in [2.24, 2.45) is 11.3 Å². The first-order valence-electron chi connectivity index (χ1n) is 6.64. The van der Waals surface area contributed by atoms with Crippen molar-refractivity contribution in [2.75, 3.05) is 19.8 Å². The van der Waals surface area contributed by atoms with Gasteiger partial charge in [0.2, 0.25) is 0 Å². The molecule has 16 heavy (non-hydrogen) atoms. The summed E-state index contributed by atoms with van der Waals surface area (Å²) < 4.78 is 5.80. The van der Waals surface area contributed by atoms with Gasteiger partial charge in [0.1, 0.15) is 0 Å². The van der Waals surface area contributed by atoms with E-state index in [1.54, 1.807) is 0 Å². The van der Waals surface area contributed by atoms with Crippen LogP contribution in [0.1, 0.15) is 39.5 Å². The van der Waals surface area contributed by atoms with Crippen molar-refractivity contribution in [3.8, 4) is 0 Å². The number of nitrogens with one attached hydrogen (secondary N) is 1. The molecule has 1 saturated heterocycles. The monoisotopic (exact) mass is 227 g/mol. The zero-order chi connectivity index (χ0) is 11.6. The quantitative estimate of drug-likeness (QED) is 0.723. The van der Waals surface area contributed by atoms with Crippen LogP contribution in [0.3, 0.4) is 0 Å². The molecule has 0 radical (unpaired) electrons. The van der Waals surface area contributed by atoms with Gasteiger partial charge in [-0.15, -0.1) is 0 Å². The van der Waals surface area contributed by atoms with Gasteiger partial charge < -0.3 is 15.2 Å². The van der Waals surface area contributed by atoms with Crippen molar-refractivity contribution >= 4 is 0 Å². The number of rotatable bonds is 6. The molecule has 2 fully saturated rings. The zero-order valence-electron chi connectivity index (χ0n) is 10.5. The van der Waals surface area contributed by atoms with Gasteiger partial charge >= 0.3 is 0 Å². The third kappa shape index (κ3) is 2.76. The van der Waals surface area contributed by atoms with E-state index < -0.39 is 0 Å². The van der Waals surface area contributed by atoms with Crippen molar-refractivity contribution in [2.45, 2.75) is 51.7 Å². The van der Waals surface area contributed by atoms with Gasteiger partial charge in [0.25, 0.3) is 0 Å². The number of aliphatic hydroxyl groups excluding tert-OH is 1. The molecule has 1 aliphatic heterocycles. The lowest BCUT2D eigenvalue weighted by Crippen LogP contribution is -2.44. The second-order valence-electron chi connectivity index (χ2n) is 5.77. The Kier molecular flexibility index (Phi) is 3.88. The van der Waals surface area contributed by atoms with Crippen molar-refractivity contribution in [1.82, 2.24) is 5.32 Å². The zero-order valence-corrected chi connectivity index (χ0v) is 10.5. The van der Waals surface area contributed by atoms with Crippen molar-refractivity contribution in [3.05, 3.63) is 0 Å². The molecule has 3 heteroatoms. The predicted molar refractivity (Wildman–Crippen MR) is 64.4 cm³/mol. The van der Waals surface area contributed by atoms with Crippen LogP contribution in [0.5, 0.6) is 0 Å². The Morgan fingerprint density at radius 2 is 2.12 bits per heavy atom. The van der Waals surface area contributed by atoms with Crippen LogP contribution in [0.4, 0.5) is 0 Å². The fraction of sp³-hybridized carbons (Fsp3) is 1.00. The van der Waals surface area contributed by atoms with E-state index in [0.717, 1.165) is 31.9 Å². The molecule has 3 unspecified atom stereocenters. The number of aliphatic hydroxyl groups is 1. The molecule has 3 atom stereocenters. The molecule has 0 amide bonds. The van der Waals surface area contributed by atoms with Crippen LogP contribution in [-0.4, -0.2) is 37.0 Å². The second-order valence-corrected chi connectivity index (χ2v) is 5.77. The van der Waals surface area contributed by atoms with Crippen molar-refractivity contribution in [1.29, 1.82) is 0 Å². The van der Waals surface area contributed by atoms with Gasteiger partial charge in [-0.2, -0.15) is 0 Å². The first-order chi connectivity index (χ1) is 7.68. The summed E-state index contributed by atoms with van der Waals surface area (Å²) in [6, 6.07) is 0.518. The van der Waals surface area contributed by atoms with Gasteiger partial charge in [0, 0.05) is 31.2 Å². The number of hydrogen-bond donors (Lipinski definition) is 2. The van der Waals surface area contributed by atoms with E-state index in [1.807, 2.05) is 0 Å². The maximum atomic E-state index is 9.38. The molecular weight excluding hydrogens is 202 g/mol. The van der Waals surface area contributed by atoms with Crippen LogP contribution >= 0.6 is 0 Å². The topological polar surface area (TPSA) is 41.5 Å². The Balaban J connectivity index is 1.80. The Morgan fingerprint density at radius 3 is 2.69 bits per heavy atom. The highest BCUT2D eigenvalue weighted by Crippen LogP contribution is 2.38. The van der Waals surface area contributed by atoms with E-state index in [1.165, 1.54) is 12.8 Å². The highest BCUT2D eigenvalue weighted by molar-refractivity contribution is 4.94. The third-order valence-corrected chi connectivity index (χ3v) is 4.25. The van der Waals surface area contributed by atoms with Crippen molar-refractivity contribution in [3.63, 3.8) is 0 Å². The molecule has 0 aromatic rings. The molecule has 2 rings (SSSR count). The summed E-state index contributed by atoms with van der Waals surface area (Å²) in [5.41, 5.74) is 0.0245. The van der Waals surface area contributed by atoms with E-state index in [0.29, 0.717) is 12.1 Å². The van der Waals surface area contributed by atoms with Gasteiger partial charge in [-0.05, 0) is 31.6 Å². The smallest absolute Gasteiger partial charge is 0.0756 e. The average Bonchev–Trinajstić information content (AvgIpc) is 3.05. The number of ether oxygens (including phenoxy) is 1. The van der Waals surface area contributed by atoms with Crippen LogP contribution < -0.4 is 5.32 Å². The van der Waals surface area contributed by atoms with Crippen molar-refractivity contribution < 1.29 is 9.84 Å². The Morgan fingerprint density at radius 1 is 1.38 bits per heavy atom. The van der Waals surface area contributed by atoms with E-state index >= 15 is 0 Å². The Bertz CT molecular complexity index is 224. The fourth-order valence-corrected chi connectivity index (χ4v) is 2.39. The van der Waals surface area contributed by atoms with E-state index in [4.69, 9.17) is 4.74 Å². The van der Waals surface area contributed by atoms with Crippen LogP contribution in [0.15, 0.2) is 0 Å². The predicted octanol–water partition coefficient (Wildman–Crippen LogP) is 1.55. The molecule has 0 spiro atoms. The second kappa shape index (κ2) is 5.03. The summed E-state index contributed by atoms with van der Waals surface area (Å²) >= 11 is 0. The first kappa shape index (κ1) is 12.3. The minimum atomic E-state index is 0.0245. The van der Waals surface area contributed by atoms with Crippen LogP contribution in [-0.2, 0) is 4.74 Å². The Hall–Kier alpha value is -0.120. The van der Waals surface area contributed by atoms with Crippen LogP contribution in [0.25, 0.3) is 0 Å². The normalized spacial score (nSPS) is 33.9. The highest BCUT2D eigenvalue weighted by Gasteiger charge is 2.40. The summed E-state index contributed by atoms with van der Waals surface area (Å²) in [5, 5.41) is 13.0. The maximum Gasteiger partial charge on any atom is 0.0756 e. The summed E-state index contributed by atoms with van der Waals surface area (Å²) in [6.45, 7) is 6.35. The SMILES string of the molecule is CCC(C)(CO)CNC1CCOC1C1CC1. The standard InChI is InChI=1S/C13H25NO2/c1-3-13(2,9-15)8-14-11-6-7-16-12(11)10-4-5-10/h10-12,14-15H,3-9H2,1-2H3. The van der Waals surface area contributed by atoms with E-state index in [-0.39, 0.29) is 12.0 Å². The van der Waals surface area contributed by atoms with Crippen LogP contribution in [0.2, 0.25) is 0 Å². The van der Waals surface area contributed by atoms with Gasteiger partial charge in [-0.1, -0.05) is 13.8 Å². The molecule has 0 aromatic heterocycles. The van der Waals surface area contributed by atoms with Gasteiger partial charge in [-0.3, -0.25) is 0 Å². The lowest BCUT2D eigenvalue weighted by atomic mass is 9.88. The summed E-state index contributed by atoms with van der Waals surface area (Å²) in [6.07, 6.45) is 5.27. The van der Waals surface area contributed by atoms with Crippen LogP contribution in [0, 0.1) is 11.3 Å². The third-order valence-electron chi connectivity index (χ3n) is 4.25. The van der Waals surface area contributed by atoms with E-state index in [9.17, 15) is 5.11 Å². The largest absolute Gasteiger partial charge is 0.396 e. The molecule has 2 aliphatic rings. The highest BCUT2D eigenvalue weighted by atomic mass is 16.5. The maximum absolute atomic E-state index is 9.38. The minimum absolute atomic E-state index is 0.0245. The molecule has 94 valence electrons. The molecule has 1 aliphatic carbocycles. The summed E-state index contributed by atoms with van der Waals surface area (Å²) in [7, 11) is 0. The van der Waals surface area contributed by atoms with Gasteiger partial charge in [-0.25, -0.2) is 0 Å². The van der Waals surface area contributed by atoms with Gasteiger partial charge in [0.15, 0.2) is 0 Å². The number of hydrogen-bond acceptors (Lipinski definition) is 3. The average molecular weight is 227 g/mol. The molecule has 1 saturated carbocycles. The van der Waals surface area contributed by atoms with E-state index in [2.05, 4.69) is 19.2 Å². The molecule has 0 bridgehead atoms.